The van der Waals surface area contributed by atoms with Crippen molar-refractivity contribution in [1.82, 2.24) is 4.98 Å². The summed E-state index contributed by atoms with van der Waals surface area (Å²) in [6.07, 6.45) is -4.38. The van der Waals surface area contributed by atoms with Crippen LogP contribution < -0.4 is 16.0 Å². The number of nitrogens with two attached hydrogens (primary N) is 1. The van der Waals surface area contributed by atoms with E-state index in [0.717, 1.165) is 0 Å². The quantitative estimate of drug-likeness (QED) is 0.791. The number of hydrogen-bond donors (Lipinski definition) is 3. The zero-order valence-corrected chi connectivity index (χ0v) is 11.9. The zero-order chi connectivity index (χ0) is 16.5. The van der Waals surface area contributed by atoms with Crippen molar-refractivity contribution in [3.8, 4) is 0 Å². The summed E-state index contributed by atoms with van der Waals surface area (Å²) in [4.78, 5) is 17.0. The number of anilines is 3. The number of hydrogen-bond acceptors (Lipinski definition) is 5. The number of alkyl halides is 3. The minimum absolute atomic E-state index is 0.0799. The van der Waals surface area contributed by atoms with Crippen LogP contribution in [0.15, 0.2) is 6.07 Å². The van der Waals surface area contributed by atoms with Gasteiger partial charge in [-0.3, -0.25) is 0 Å². The number of carbonyl (C=O) groups is 1. The Morgan fingerprint density at radius 2 is 2.05 bits per heavy atom. The van der Waals surface area contributed by atoms with Crippen molar-refractivity contribution in [2.45, 2.75) is 19.0 Å². The number of nitrogens with one attached hydrogen (secondary N) is 1. The number of piperidine rings is 1. The maximum absolute atomic E-state index is 12.7. The van der Waals surface area contributed by atoms with Gasteiger partial charge in [-0.05, 0) is 18.9 Å². The van der Waals surface area contributed by atoms with Crippen LogP contribution in [0.2, 0.25) is 0 Å². The largest absolute Gasteiger partial charge is 0.478 e. The van der Waals surface area contributed by atoms with Crippen molar-refractivity contribution in [3.63, 3.8) is 0 Å². The molecule has 4 N–H and O–H groups in total. The van der Waals surface area contributed by atoms with Crippen LogP contribution in [-0.2, 0) is 0 Å². The highest BCUT2D eigenvalue weighted by Crippen LogP contribution is 2.36. The summed E-state index contributed by atoms with van der Waals surface area (Å²) in [5.74, 6) is -2.12. The first-order valence-corrected chi connectivity index (χ1v) is 6.77. The van der Waals surface area contributed by atoms with Crippen LogP contribution in [0.25, 0.3) is 0 Å². The number of carboxylic acids is 1. The fourth-order valence-corrected chi connectivity index (χ4v) is 2.54. The minimum atomic E-state index is -4.22. The molecule has 1 saturated heterocycles. The molecule has 22 heavy (non-hydrogen) atoms. The molecule has 9 heteroatoms. The molecule has 2 heterocycles. The number of aromatic carboxylic acids is 1. The van der Waals surface area contributed by atoms with E-state index >= 15 is 0 Å². The van der Waals surface area contributed by atoms with Crippen molar-refractivity contribution in [3.05, 3.63) is 11.6 Å². The monoisotopic (exact) mass is 318 g/mol. The van der Waals surface area contributed by atoms with Gasteiger partial charge < -0.3 is 21.1 Å². The first-order valence-electron chi connectivity index (χ1n) is 6.77. The SMILES string of the molecule is CNc1nc(N2CCC(C(F)(F)F)CC2)c(C(=O)O)cc1N. The zero-order valence-electron chi connectivity index (χ0n) is 11.9. The molecular formula is C13H17F3N4O2. The summed E-state index contributed by atoms with van der Waals surface area (Å²) in [5, 5.41) is 12.0. The lowest BCUT2D eigenvalue weighted by molar-refractivity contribution is -0.179. The predicted octanol–water partition coefficient (Wildman–Crippen LogP) is 2.18. The molecule has 0 spiro atoms. The number of rotatable bonds is 3. The van der Waals surface area contributed by atoms with Crippen molar-refractivity contribution in [1.29, 1.82) is 0 Å². The number of halogens is 3. The first-order chi connectivity index (χ1) is 10.2. The van der Waals surface area contributed by atoms with E-state index in [1.54, 1.807) is 11.9 Å². The van der Waals surface area contributed by atoms with Crippen LogP contribution in [0.3, 0.4) is 0 Å². The van der Waals surface area contributed by atoms with Crippen LogP contribution in [0.5, 0.6) is 0 Å². The number of aromatic nitrogens is 1. The second kappa shape index (κ2) is 5.90. The summed E-state index contributed by atoms with van der Waals surface area (Å²) in [6, 6.07) is 1.27. The summed E-state index contributed by atoms with van der Waals surface area (Å²) < 4.78 is 38.1. The van der Waals surface area contributed by atoms with Crippen molar-refractivity contribution in [2.24, 2.45) is 5.92 Å². The molecule has 0 bridgehead atoms. The summed E-state index contributed by atoms with van der Waals surface area (Å²) >= 11 is 0. The molecule has 1 aromatic rings. The molecule has 0 unspecified atom stereocenters. The van der Waals surface area contributed by atoms with Crippen LogP contribution in [-0.4, -0.2) is 42.4 Å². The van der Waals surface area contributed by atoms with E-state index in [1.807, 2.05) is 0 Å². The van der Waals surface area contributed by atoms with Gasteiger partial charge in [0.15, 0.2) is 5.82 Å². The van der Waals surface area contributed by atoms with Crippen molar-refractivity contribution >= 4 is 23.3 Å². The Bertz CT molecular complexity index is 569. The van der Waals surface area contributed by atoms with Crippen LogP contribution in [0.4, 0.5) is 30.5 Å². The van der Waals surface area contributed by atoms with Gasteiger partial charge in [-0.2, -0.15) is 13.2 Å². The third kappa shape index (κ3) is 3.18. The van der Waals surface area contributed by atoms with E-state index in [-0.39, 0.29) is 43.0 Å². The Labute approximate surface area is 125 Å². The predicted molar refractivity (Wildman–Crippen MR) is 76.1 cm³/mol. The molecule has 0 amide bonds. The van der Waals surface area contributed by atoms with Gasteiger partial charge in [0.1, 0.15) is 11.4 Å². The van der Waals surface area contributed by atoms with E-state index in [2.05, 4.69) is 10.3 Å². The Morgan fingerprint density at radius 1 is 1.45 bits per heavy atom. The van der Waals surface area contributed by atoms with E-state index in [9.17, 15) is 23.1 Å². The smallest absolute Gasteiger partial charge is 0.391 e. The lowest BCUT2D eigenvalue weighted by atomic mass is 9.96. The standard InChI is InChI=1S/C13H17F3N4O2/c1-18-10-9(17)6-8(12(21)22)11(19-10)20-4-2-7(3-5-20)13(14,15)16/h6-7H,2-5,17H2,1H3,(H,18,19)(H,21,22). The topological polar surface area (TPSA) is 91.5 Å². The van der Waals surface area contributed by atoms with Gasteiger partial charge >= 0.3 is 12.1 Å². The second-order valence-corrected chi connectivity index (χ2v) is 5.16. The first kappa shape index (κ1) is 16.2. The van der Waals surface area contributed by atoms with Crippen LogP contribution in [0, 0.1) is 5.92 Å². The highest BCUT2D eigenvalue weighted by atomic mass is 19.4. The van der Waals surface area contributed by atoms with Gasteiger partial charge in [-0.25, -0.2) is 9.78 Å². The second-order valence-electron chi connectivity index (χ2n) is 5.16. The van der Waals surface area contributed by atoms with E-state index < -0.39 is 18.1 Å². The van der Waals surface area contributed by atoms with Crippen molar-refractivity contribution in [2.75, 3.05) is 36.1 Å². The van der Waals surface area contributed by atoms with E-state index in [1.165, 1.54) is 6.07 Å². The van der Waals surface area contributed by atoms with Gasteiger partial charge in [-0.15, -0.1) is 0 Å². The highest BCUT2D eigenvalue weighted by Gasteiger charge is 2.41. The van der Waals surface area contributed by atoms with Gasteiger partial charge in [0.25, 0.3) is 0 Å². The van der Waals surface area contributed by atoms with Gasteiger partial charge in [0, 0.05) is 20.1 Å². The Balaban J connectivity index is 2.27. The van der Waals surface area contributed by atoms with Crippen LogP contribution in [0.1, 0.15) is 23.2 Å². The summed E-state index contributed by atoms with van der Waals surface area (Å²) in [7, 11) is 1.58. The van der Waals surface area contributed by atoms with Gasteiger partial charge in [0.05, 0.1) is 11.6 Å². The molecule has 6 nitrogen and oxygen atoms in total. The molecule has 1 aliphatic rings. The lowest BCUT2D eigenvalue weighted by Gasteiger charge is -2.34. The van der Waals surface area contributed by atoms with E-state index in [4.69, 9.17) is 5.73 Å². The molecule has 0 saturated carbocycles. The highest BCUT2D eigenvalue weighted by molar-refractivity contribution is 5.95. The van der Waals surface area contributed by atoms with Gasteiger partial charge in [0.2, 0.25) is 0 Å². The third-order valence-electron chi connectivity index (χ3n) is 3.76. The molecule has 0 aliphatic carbocycles. The lowest BCUT2D eigenvalue weighted by Crippen LogP contribution is -2.40. The maximum atomic E-state index is 12.7. The van der Waals surface area contributed by atoms with Gasteiger partial charge in [-0.1, -0.05) is 0 Å². The summed E-state index contributed by atoms with van der Waals surface area (Å²) in [5.41, 5.74) is 5.76. The average Bonchev–Trinajstić information content (AvgIpc) is 2.46. The molecule has 2 rings (SSSR count). The minimum Gasteiger partial charge on any atom is -0.478 e. The number of nitrogens with zero attached hydrogens (tertiary/aromatic N) is 2. The Morgan fingerprint density at radius 3 is 2.50 bits per heavy atom. The molecule has 1 aliphatic heterocycles. The molecule has 0 atom stereocenters. The molecule has 0 aromatic carbocycles. The summed E-state index contributed by atoms with van der Waals surface area (Å²) in [6.45, 7) is 0.203. The molecule has 122 valence electrons. The molecule has 1 fully saturated rings. The average molecular weight is 318 g/mol. The van der Waals surface area contributed by atoms with Crippen LogP contribution >= 0.6 is 0 Å². The van der Waals surface area contributed by atoms with E-state index in [0.29, 0.717) is 5.82 Å². The fraction of sp³-hybridized carbons (Fsp3) is 0.538. The number of carboxylic acid groups (broad SMARTS) is 1. The van der Waals surface area contributed by atoms with Crippen molar-refractivity contribution < 1.29 is 23.1 Å². The molecule has 0 radical (unpaired) electrons. The number of pyridine rings is 1. The number of nitrogen functional groups attached to an aromatic ring is 1. The Hall–Kier alpha value is -2.19. The normalized spacial score (nSPS) is 16.6. The maximum Gasteiger partial charge on any atom is 0.391 e. The fourth-order valence-electron chi connectivity index (χ4n) is 2.54. The third-order valence-corrected chi connectivity index (χ3v) is 3.76. The molecule has 1 aromatic heterocycles. The Kier molecular flexibility index (Phi) is 4.34. The molecular weight excluding hydrogens is 301 g/mol.